The van der Waals surface area contributed by atoms with Gasteiger partial charge in [-0.25, -0.2) is 4.57 Å². The predicted molar refractivity (Wildman–Crippen MR) is 98.1 cm³/mol. The summed E-state index contributed by atoms with van der Waals surface area (Å²) in [5.41, 5.74) is 4.01. The number of phosphoric acid groups is 1. The number of aromatic amines is 1. The SMILES string of the molecule is CCCCc1cccc2c1[nH]c1ccccc12.CCOP(=O)(O)O. The molecule has 0 atom stereocenters. The molecule has 0 saturated carbocycles. The lowest BCUT2D eigenvalue weighted by Crippen LogP contribution is -1.86. The van der Waals surface area contributed by atoms with E-state index in [-0.39, 0.29) is 6.61 Å². The Labute approximate surface area is 141 Å². The minimum Gasteiger partial charge on any atom is -0.354 e. The number of phosphoric ester groups is 1. The number of aromatic nitrogens is 1. The molecule has 24 heavy (non-hydrogen) atoms. The van der Waals surface area contributed by atoms with Gasteiger partial charge in [-0.3, -0.25) is 4.52 Å². The van der Waals surface area contributed by atoms with E-state index in [1.807, 2.05) is 0 Å². The molecule has 6 heteroatoms. The highest BCUT2D eigenvalue weighted by Crippen LogP contribution is 2.35. The number of H-pyrrole nitrogens is 1. The fourth-order valence-corrected chi connectivity index (χ4v) is 3.01. The Hall–Kier alpha value is -1.65. The van der Waals surface area contributed by atoms with Crippen molar-refractivity contribution in [3.05, 3.63) is 48.0 Å². The summed E-state index contributed by atoms with van der Waals surface area (Å²) in [6, 6.07) is 15.2. The molecule has 0 aliphatic rings. The number of fused-ring (bicyclic) bond motifs is 3. The molecule has 1 heterocycles. The van der Waals surface area contributed by atoms with Gasteiger partial charge in [-0.2, -0.15) is 0 Å². The van der Waals surface area contributed by atoms with E-state index < -0.39 is 7.82 Å². The van der Waals surface area contributed by atoms with Crippen LogP contribution < -0.4 is 0 Å². The first-order chi connectivity index (χ1) is 11.5. The Bertz CT molecular complexity index is 837. The number of aryl methyl sites for hydroxylation is 1. The number of unbranched alkanes of at least 4 members (excludes halogenated alkanes) is 1. The molecule has 0 fully saturated rings. The average Bonchev–Trinajstić information content (AvgIpc) is 2.92. The van der Waals surface area contributed by atoms with Crippen LogP contribution in [0.4, 0.5) is 0 Å². The Morgan fingerprint density at radius 2 is 1.75 bits per heavy atom. The van der Waals surface area contributed by atoms with Crippen LogP contribution >= 0.6 is 7.82 Å². The molecule has 0 spiro atoms. The van der Waals surface area contributed by atoms with E-state index in [1.54, 1.807) is 0 Å². The molecule has 0 unspecified atom stereocenters. The zero-order valence-electron chi connectivity index (χ0n) is 14.0. The molecule has 3 N–H and O–H groups in total. The van der Waals surface area contributed by atoms with Crippen LogP contribution in [0.5, 0.6) is 0 Å². The Morgan fingerprint density at radius 1 is 1.04 bits per heavy atom. The van der Waals surface area contributed by atoms with E-state index in [1.165, 1.54) is 53.6 Å². The van der Waals surface area contributed by atoms with Gasteiger partial charge in [-0.15, -0.1) is 0 Å². The molecule has 0 radical (unpaired) electrons. The maximum Gasteiger partial charge on any atom is 0.469 e. The van der Waals surface area contributed by atoms with Gasteiger partial charge in [0.2, 0.25) is 0 Å². The van der Waals surface area contributed by atoms with Crippen LogP contribution in [0, 0.1) is 0 Å². The van der Waals surface area contributed by atoms with Crippen molar-refractivity contribution in [1.29, 1.82) is 0 Å². The average molecular weight is 349 g/mol. The zero-order chi connectivity index (χ0) is 17.6. The largest absolute Gasteiger partial charge is 0.469 e. The van der Waals surface area contributed by atoms with Crippen molar-refractivity contribution in [2.75, 3.05) is 6.61 Å². The monoisotopic (exact) mass is 349 g/mol. The fraction of sp³-hybridized carbons (Fsp3) is 0.333. The zero-order valence-corrected chi connectivity index (χ0v) is 14.9. The first kappa shape index (κ1) is 18.7. The number of rotatable bonds is 5. The number of nitrogens with one attached hydrogen (secondary N) is 1. The second-order valence-corrected chi connectivity index (χ2v) is 6.76. The highest BCUT2D eigenvalue weighted by Gasteiger charge is 2.10. The van der Waals surface area contributed by atoms with Gasteiger partial charge >= 0.3 is 7.82 Å². The van der Waals surface area contributed by atoms with Gasteiger partial charge in [0.1, 0.15) is 0 Å². The summed E-state index contributed by atoms with van der Waals surface area (Å²) >= 11 is 0. The van der Waals surface area contributed by atoms with Gasteiger partial charge in [0.15, 0.2) is 0 Å². The molecule has 2 aromatic carbocycles. The highest BCUT2D eigenvalue weighted by molar-refractivity contribution is 7.46. The third-order valence-electron chi connectivity index (χ3n) is 3.72. The van der Waals surface area contributed by atoms with Crippen molar-refractivity contribution < 1.29 is 18.9 Å². The molecule has 3 aromatic rings. The molecule has 0 aliphatic heterocycles. The predicted octanol–water partition coefficient (Wildman–Crippen LogP) is 4.78. The molecule has 1 aromatic heterocycles. The molecule has 5 nitrogen and oxygen atoms in total. The van der Waals surface area contributed by atoms with Crippen molar-refractivity contribution in [3.63, 3.8) is 0 Å². The van der Waals surface area contributed by atoms with Crippen molar-refractivity contribution in [2.45, 2.75) is 33.1 Å². The van der Waals surface area contributed by atoms with Gasteiger partial charge in [0.25, 0.3) is 0 Å². The minimum atomic E-state index is -4.17. The first-order valence-corrected chi connectivity index (χ1v) is 9.67. The number of benzene rings is 2. The minimum absolute atomic E-state index is 0.0459. The van der Waals surface area contributed by atoms with Gasteiger partial charge in [-0.05, 0) is 31.4 Å². The van der Waals surface area contributed by atoms with Crippen LogP contribution in [0.3, 0.4) is 0 Å². The van der Waals surface area contributed by atoms with Crippen molar-refractivity contribution in [1.82, 2.24) is 4.98 Å². The molecule has 3 rings (SSSR count). The summed E-state index contributed by atoms with van der Waals surface area (Å²) in [6.45, 7) is 3.80. The summed E-state index contributed by atoms with van der Waals surface area (Å²) in [7, 11) is -4.17. The smallest absolute Gasteiger partial charge is 0.354 e. The van der Waals surface area contributed by atoms with E-state index in [2.05, 4.69) is 58.9 Å². The molecular weight excluding hydrogens is 325 g/mol. The van der Waals surface area contributed by atoms with Crippen molar-refractivity contribution in [2.24, 2.45) is 0 Å². The van der Waals surface area contributed by atoms with Gasteiger partial charge < -0.3 is 14.8 Å². The molecule has 130 valence electrons. The summed E-state index contributed by atoms with van der Waals surface area (Å²) < 4.78 is 13.6. The fourth-order valence-electron chi connectivity index (χ4n) is 2.68. The second-order valence-electron chi connectivity index (χ2n) is 5.52. The molecule has 0 amide bonds. The number of para-hydroxylation sites is 2. The summed E-state index contributed by atoms with van der Waals surface area (Å²) in [5, 5.41) is 2.69. The van der Waals surface area contributed by atoms with Crippen LogP contribution in [0.2, 0.25) is 0 Å². The van der Waals surface area contributed by atoms with Crippen molar-refractivity contribution >= 4 is 29.6 Å². The van der Waals surface area contributed by atoms with Gasteiger partial charge in [0.05, 0.1) is 6.61 Å². The molecule has 0 aliphatic carbocycles. The Morgan fingerprint density at radius 3 is 2.38 bits per heavy atom. The maximum atomic E-state index is 9.70. The van der Waals surface area contributed by atoms with Gasteiger partial charge in [0, 0.05) is 21.8 Å². The Kier molecular flexibility index (Phi) is 6.58. The molecule has 0 bridgehead atoms. The van der Waals surface area contributed by atoms with Gasteiger partial charge in [-0.1, -0.05) is 49.7 Å². The third-order valence-corrected chi connectivity index (χ3v) is 4.32. The lowest BCUT2D eigenvalue weighted by Gasteiger charge is -2.01. The van der Waals surface area contributed by atoms with Crippen LogP contribution in [-0.4, -0.2) is 21.4 Å². The van der Waals surface area contributed by atoms with E-state index in [0.29, 0.717) is 0 Å². The standard InChI is InChI=1S/C16H17N.C2H7O4P/c1-2-3-7-12-8-6-10-14-13-9-4-5-11-15(13)17-16(12)14;1-2-6-7(3,4)5/h4-6,8-11,17H,2-3,7H2,1H3;2H2,1H3,(H2,3,4,5). The normalized spacial score (nSPS) is 11.5. The van der Waals surface area contributed by atoms with Crippen LogP contribution in [0.1, 0.15) is 32.3 Å². The Balaban J connectivity index is 0.000000256. The van der Waals surface area contributed by atoms with E-state index in [9.17, 15) is 4.57 Å². The van der Waals surface area contributed by atoms with Crippen LogP contribution in [0.15, 0.2) is 42.5 Å². The third kappa shape index (κ3) is 4.92. The molecule has 0 saturated heterocycles. The first-order valence-electron chi connectivity index (χ1n) is 8.14. The lowest BCUT2D eigenvalue weighted by molar-refractivity contribution is 0.206. The maximum absolute atomic E-state index is 9.70. The summed E-state index contributed by atoms with van der Waals surface area (Å²) in [4.78, 5) is 19.4. The van der Waals surface area contributed by atoms with Crippen molar-refractivity contribution in [3.8, 4) is 0 Å². The second kappa shape index (κ2) is 8.45. The highest BCUT2D eigenvalue weighted by atomic mass is 31.2. The van der Waals surface area contributed by atoms with E-state index >= 15 is 0 Å². The summed E-state index contributed by atoms with van der Waals surface area (Å²) in [5.74, 6) is 0. The number of hydrogen-bond donors (Lipinski definition) is 3. The van der Waals surface area contributed by atoms with E-state index in [4.69, 9.17) is 9.79 Å². The van der Waals surface area contributed by atoms with Crippen LogP contribution in [0.25, 0.3) is 21.8 Å². The summed E-state index contributed by atoms with van der Waals surface area (Å²) in [6.07, 6.45) is 3.67. The topological polar surface area (TPSA) is 82.6 Å². The lowest BCUT2D eigenvalue weighted by atomic mass is 10.0. The van der Waals surface area contributed by atoms with E-state index in [0.717, 1.165) is 0 Å². The quantitative estimate of drug-likeness (QED) is 0.579. The van der Waals surface area contributed by atoms with Crippen LogP contribution in [-0.2, 0) is 15.5 Å². The molecular formula is C18H24NO4P. The number of hydrogen-bond acceptors (Lipinski definition) is 2.